The third-order valence-corrected chi connectivity index (χ3v) is 10.6. The molecule has 54 heavy (non-hydrogen) atoms. The van der Waals surface area contributed by atoms with Crippen molar-refractivity contribution in [2.45, 2.75) is 38.8 Å². The molecule has 2 N–H and O–H groups in total. The fourth-order valence-corrected chi connectivity index (χ4v) is 7.60. The lowest BCUT2D eigenvalue weighted by atomic mass is 10.0. The third kappa shape index (κ3) is 7.00. The smallest absolute Gasteiger partial charge is 0.289 e. The van der Waals surface area contributed by atoms with Crippen LogP contribution in [0.4, 0.5) is 45.5 Å². The molecule has 0 aliphatic carbocycles. The van der Waals surface area contributed by atoms with E-state index in [0.717, 1.165) is 0 Å². The van der Waals surface area contributed by atoms with Crippen molar-refractivity contribution in [3.8, 4) is 0 Å². The first-order chi connectivity index (χ1) is 25.3. The van der Waals surface area contributed by atoms with Crippen molar-refractivity contribution < 1.29 is 14.5 Å². The van der Waals surface area contributed by atoms with E-state index in [-0.39, 0.29) is 43.4 Å². The SMILES string of the molecule is [C-]#[N+]c1ccc(N2C(=O)C(C)(C)N(c3ccc(Cl)c(N)c3)C2=S)cc1Cl.[C-]#[N+]c1ccc(N2C(=O)C(C)(C)N(c3ccc(Cl)c([N+](=O)[O-])c3)C2=S)cc1Cl. The van der Waals surface area contributed by atoms with Crippen molar-refractivity contribution in [3.05, 3.63) is 126 Å². The molecule has 0 unspecified atom stereocenters. The number of benzene rings is 4. The molecule has 2 amide bonds. The van der Waals surface area contributed by atoms with E-state index in [4.69, 9.17) is 89.7 Å². The van der Waals surface area contributed by atoms with Crippen molar-refractivity contribution in [2.75, 3.05) is 25.3 Å². The molecule has 6 rings (SSSR count). The maximum Gasteiger partial charge on any atom is 0.289 e. The monoisotopic (exact) mass is 838 g/mol. The zero-order valence-electron chi connectivity index (χ0n) is 28.6. The Morgan fingerprint density at radius 3 is 1.41 bits per heavy atom. The molecule has 0 atom stereocenters. The lowest BCUT2D eigenvalue weighted by Crippen LogP contribution is -2.44. The fraction of sp³-hybridized carbons (Fsp3) is 0.167. The van der Waals surface area contributed by atoms with E-state index in [1.165, 1.54) is 39.0 Å². The number of amides is 2. The Balaban J connectivity index is 0.000000208. The molecule has 0 spiro atoms. The number of hydrogen-bond donors (Lipinski definition) is 1. The van der Waals surface area contributed by atoms with Crippen LogP contribution in [0.3, 0.4) is 0 Å². The molecule has 2 fully saturated rings. The van der Waals surface area contributed by atoms with Crippen LogP contribution in [0.25, 0.3) is 9.69 Å². The highest BCUT2D eigenvalue weighted by Crippen LogP contribution is 2.42. The summed E-state index contributed by atoms with van der Waals surface area (Å²) in [6, 6.07) is 18.7. The molecule has 2 aliphatic rings. The molecule has 0 bridgehead atoms. The number of anilines is 5. The summed E-state index contributed by atoms with van der Waals surface area (Å²) in [6.07, 6.45) is 0. The van der Waals surface area contributed by atoms with E-state index in [1.807, 2.05) is 0 Å². The molecule has 2 saturated heterocycles. The Morgan fingerprint density at radius 1 is 0.648 bits per heavy atom. The number of nitrogens with two attached hydrogens (primary N) is 1. The molecular formula is C36H26Cl4N8O4S2. The van der Waals surface area contributed by atoms with Crippen LogP contribution in [0.5, 0.6) is 0 Å². The highest BCUT2D eigenvalue weighted by Gasteiger charge is 2.51. The van der Waals surface area contributed by atoms with E-state index in [1.54, 1.807) is 81.1 Å². The number of nitrogen functional groups attached to an aromatic ring is 1. The highest BCUT2D eigenvalue weighted by molar-refractivity contribution is 7.81. The normalized spacial score (nSPS) is 15.9. The summed E-state index contributed by atoms with van der Waals surface area (Å²) in [6.45, 7) is 21.1. The van der Waals surface area contributed by atoms with Crippen LogP contribution < -0.4 is 25.3 Å². The van der Waals surface area contributed by atoms with Gasteiger partial charge in [-0.1, -0.05) is 58.5 Å². The van der Waals surface area contributed by atoms with Crippen LogP contribution in [0.2, 0.25) is 20.1 Å². The van der Waals surface area contributed by atoms with Gasteiger partial charge in [0.15, 0.2) is 10.2 Å². The largest absolute Gasteiger partial charge is 0.397 e. The van der Waals surface area contributed by atoms with Gasteiger partial charge in [0.2, 0.25) is 11.4 Å². The number of carbonyl (C=O) groups is 2. The van der Waals surface area contributed by atoms with Crippen molar-refractivity contribution in [1.82, 2.24) is 0 Å². The standard InChI is InChI=1S/C18H12Cl2N4O3S.C18H14Cl2N4OS/c1-18(2)16(25)22(10-5-7-14(21-3)13(20)8-10)17(28)23(18)11-4-6-12(19)15(9-11)24(26)27;1-18(2)16(25)23(10-5-7-15(22-3)13(20)8-10)17(26)24(18)11-4-6-12(19)14(21)9-11/h4-9H,1-2H3;4-9H,21H2,1-2H3. The molecule has 2 aliphatic heterocycles. The second-order valence-electron chi connectivity index (χ2n) is 12.7. The van der Waals surface area contributed by atoms with Gasteiger partial charge in [0, 0.05) is 21.8 Å². The number of carbonyl (C=O) groups excluding carboxylic acids is 2. The van der Waals surface area contributed by atoms with E-state index in [2.05, 4.69) is 9.69 Å². The summed E-state index contributed by atoms with van der Waals surface area (Å²) in [5, 5.41) is 12.5. The van der Waals surface area contributed by atoms with Gasteiger partial charge >= 0.3 is 0 Å². The van der Waals surface area contributed by atoms with Gasteiger partial charge in [0.05, 0.1) is 45.8 Å². The van der Waals surface area contributed by atoms with E-state index in [0.29, 0.717) is 44.3 Å². The molecule has 0 saturated carbocycles. The van der Waals surface area contributed by atoms with Crippen molar-refractivity contribution in [1.29, 1.82) is 0 Å². The first-order valence-corrected chi connectivity index (χ1v) is 17.8. The molecule has 4 aromatic rings. The highest BCUT2D eigenvalue weighted by atomic mass is 35.5. The molecule has 0 aromatic heterocycles. The first kappa shape index (κ1) is 40.1. The maximum absolute atomic E-state index is 13.1. The first-order valence-electron chi connectivity index (χ1n) is 15.5. The molecule has 12 nitrogen and oxygen atoms in total. The summed E-state index contributed by atoms with van der Waals surface area (Å²) < 4.78 is 0. The number of hydrogen-bond acceptors (Lipinski definition) is 7. The summed E-state index contributed by atoms with van der Waals surface area (Å²) >= 11 is 35.2. The number of rotatable bonds is 5. The Morgan fingerprint density at radius 2 is 1.04 bits per heavy atom. The van der Waals surface area contributed by atoms with Gasteiger partial charge < -0.3 is 15.5 Å². The summed E-state index contributed by atoms with van der Waals surface area (Å²) in [7, 11) is 0. The average Bonchev–Trinajstić information content (AvgIpc) is 3.40. The van der Waals surface area contributed by atoms with Crippen molar-refractivity contribution in [2.24, 2.45) is 0 Å². The van der Waals surface area contributed by atoms with Crippen LogP contribution in [0.15, 0.2) is 72.8 Å². The number of thiocarbonyl (C=S) groups is 2. The number of nitrogens with zero attached hydrogens (tertiary/aromatic N) is 7. The second kappa shape index (κ2) is 15.0. The minimum atomic E-state index is -1.11. The van der Waals surface area contributed by atoms with Crippen molar-refractivity contribution in [3.63, 3.8) is 0 Å². The average molecular weight is 841 g/mol. The number of nitro benzene ring substituents is 1. The molecule has 274 valence electrons. The van der Waals surface area contributed by atoms with Gasteiger partial charge in [-0.15, -0.1) is 0 Å². The predicted molar refractivity (Wildman–Crippen MR) is 223 cm³/mol. The van der Waals surface area contributed by atoms with Crippen LogP contribution in [-0.2, 0) is 9.59 Å². The molecule has 18 heteroatoms. The minimum Gasteiger partial charge on any atom is -0.397 e. The minimum absolute atomic E-state index is 0.0126. The maximum atomic E-state index is 13.1. The quantitative estimate of drug-likeness (QED) is 0.0687. The van der Waals surface area contributed by atoms with Gasteiger partial charge in [-0.2, -0.15) is 0 Å². The van der Waals surface area contributed by atoms with Gasteiger partial charge in [-0.25, -0.2) is 9.69 Å². The van der Waals surface area contributed by atoms with E-state index < -0.39 is 16.0 Å². The van der Waals surface area contributed by atoms with E-state index in [9.17, 15) is 19.7 Å². The Labute approximate surface area is 340 Å². The number of halogens is 4. The zero-order valence-corrected chi connectivity index (χ0v) is 33.3. The molecule has 0 radical (unpaired) electrons. The van der Waals surface area contributed by atoms with Gasteiger partial charge in [-0.05, 0) is 107 Å². The Kier molecular flexibility index (Phi) is 11.1. The van der Waals surface area contributed by atoms with Gasteiger partial charge in [0.25, 0.3) is 17.5 Å². The Hall–Kier alpha value is -5.06. The van der Waals surface area contributed by atoms with E-state index >= 15 is 0 Å². The third-order valence-electron chi connectivity index (χ3n) is 8.58. The van der Waals surface area contributed by atoms with Crippen molar-refractivity contribution >= 4 is 138 Å². The Bertz CT molecular complexity index is 2400. The second-order valence-corrected chi connectivity index (χ2v) is 15.1. The molecule has 4 aromatic carbocycles. The van der Waals surface area contributed by atoms with Crippen LogP contribution in [0.1, 0.15) is 27.7 Å². The predicted octanol–water partition coefficient (Wildman–Crippen LogP) is 10.4. The van der Waals surface area contributed by atoms with Gasteiger partial charge in [0.1, 0.15) is 16.1 Å². The molecular weight excluding hydrogens is 814 g/mol. The van der Waals surface area contributed by atoms with Crippen LogP contribution >= 0.6 is 70.8 Å². The van der Waals surface area contributed by atoms with Crippen LogP contribution in [0, 0.1) is 23.3 Å². The van der Waals surface area contributed by atoms with Gasteiger partial charge in [-0.3, -0.25) is 29.5 Å². The summed E-state index contributed by atoms with van der Waals surface area (Å²) in [5.41, 5.74) is 6.51. The fourth-order valence-electron chi connectivity index (χ4n) is 5.81. The lowest BCUT2D eigenvalue weighted by molar-refractivity contribution is -0.384. The molecule has 2 heterocycles. The van der Waals surface area contributed by atoms with Crippen LogP contribution in [-0.4, -0.2) is 38.0 Å². The number of nitro groups is 1. The zero-order chi connectivity index (χ0) is 40.0. The lowest BCUT2D eigenvalue weighted by Gasteiger charge is -2.29. The topological polar surface area (TPSA) is 125 Å². The summed E-state index contributed by atoms with van der Waals surface area (Å²) in [4.78, 5) is 49.4. The summed E-state index contributed by atoms with van der Waals surface area (Å²) in [5.74, 6) is -0.538.